The van der Waals surface area contributed by atoms with Crippen LogP contribution in [0.4, 0.5) is 18.9 Å². The molecule has 9 heteroatoms. The molecule has 1 atom stereocenters. The van der Waals surface area contributed by atoms with E-state index in [0.717, 1.165) is 32.2 Å². The van der Waals surface area contributed by atoms with Gasteiger partial charge in [-0.3, -0.25) is 4.79 Å². The highest BCUT2D eigenvalue weighted by atomic mass is 19.4. The normalized spacial score (nSPS) is 17.6. The minimum Gasteiger partial charge on any atom is -0.369 e. The molecule has 156 valence electrons. The van der Waals surface area contributed by atoms with Crippen LogP contribution < -0.4 is 15.5 Å². The SMILES string of the molecule is CCNC(=NCC(=O)N(C)CC(F)(F)F)NC1CCN(c2ccc(C)cc2)C1. The number of nitrogens with zero attached hydrogens (tertiary/aromatic N) is 3. The van der Waals surface area contributed by atoms with Gasteiger partial charge >= 0.3 is 6.18 Å². The summed E-state index contributed by atoms with van der Waals surface area (Å²) in [5.41, 5.74) is 2.36. The van der Waals surface area contributed by atoms with Crippen molar-refractivity contribution in [2.24, 2.45) is 4.99 Å². The van der Waals surface area contributed by atoms with E-state index in [1.54, 1.807) is 0 Å². The van der Waals surface area contributed by atoms with E-state index in [4.69, 9.17) is 0 Å². The Morgan fingerprint density at radius 1 is 1.32 bits per heavy atom. The molecule has 2 rings (SSSR count). The van der Waals surface area contributed by atoms with Gasteiger partial charge < -0.3 is 20.4 Å². The molecule has 1 aliphatic rings. The lowest BCUT2D eigenvalue weighted by atomic mass is 10.2. The van der Waals surface area contributed by atoms with Crippen LogP contribution in [0.1, 0.15) is 18.9 Å². The topological polar surface area (TPSA) is 60.0 Å². The number of nitrogens with one attached hydrogen (secondary N) is 2. The Balaban J connectivity index is 1.90. The first kappa shape index (κ1) is 21.8. The van der Waals surface area contributed by atoms with E-state index in [2.05, 4.69) is 44.8 Å². The number of aliphatic imine (C=N–C) groups is 1. The predicted molar refractivity (Wildman–Crippen MR) is 105 cm³/mol. The van der Waals surface area contributed by atoms with Crippen molar-refractivity contribution in [3.05, 3.63) is 29.8 Å². The van der Waals surface area contributed by atoms with Crippen LogP contribution in [-0.4, -0.2) is 68.8 Å². The number of hydrogen-bond acceptors (Lipinski definition) is 3. The van der Waals surface area contributed by atoms with E-state index in [9.17, 15) is 18.0 Å². The number of carbonyl (C=O) groups excluding carboxylic acids is 1. The van der Waals surface area contributed by atoms with Gasteiger partial charge in [0.2, 0.25) is 5.91 Å². The van der Waals surface area contributed by atoms with Crippen molar-refractivity contribution in [3.8, 4) is 0 Å². The first-order valence-electron chi connectivity index (χ1n) is 9.35. The summed E-state index contributed by atoms with van der Waals surface area (Å²) in [5, 5.41) is 6.32. The van der Waals surface area contributed by atoms with E-state index in [0.29, 0.717) is 17.4 Å². The van der Waals surface area contributed by atoms with Gasteiger partial charge in [-0.1, -0.05) is 17.7 Å². The molecular formula is C19H28F3N5O. The number of rotatable bonds is 6. The van der Waals surface area contributed by atoms with Gasteiger partial charge in [0.15, 0.2) is 5.96 Å². The average Bonchev–Trinajstić information content (AvgIpc) is 3.07. The fourth-order valence-corrected chi connectivity index (χ4v) is 3.01. The maximum absolute atomic E-state index is 12.4. The summed E-state index contributed by atoms with van der Waals surface area (Å²) >= 11 is 0. The Kier molecular flexibility index (Phi) is 7.53. The number of amides is 1. The third-order valence-corrected chi connectivity index (χ3v) is 4.49. The Morgan fingerprint density at radius 2 is 2.00 bits per heavy atom. The second-order valence-corrected chi connectivity index (χ2v) is 6.97. The Hall–Kier alpha value is -2.45. The van der Waals surface area contributed by atoms with Gasteiger partial charge in [0.05, 0.1) is 0 Å². The molecule has 1 heterocycles. The highest BCUT2D eigenvalue weighted by molar-refractivity contribution is 5.85. The van der Waals surface area contributed by atoms with Crippen LogP contribution in [0.25, 0.3) is 0 Å². The van der Waals surface area contributed by atoms with Gasteiger partial charge in [0, 0.05) is 38.4 Å². The molecule has 0 saturated carbocycles. The summed E-state index contributed by atoms with van der Waals surface area (Å²) in [7, 11) is 1.13. The van der Waals surface area contributed by atoms with Crippen molar-refractivity contribution in [3.63, 3.8) is 0 Å². The highest BCUT2D eigenvalue weighted by Gasteiger charge is 2.31. The minimum atomic E-state index is -4.42. The number of aryl methyl sites for hydroxylation is 1. The third kappa shape index (κ3) is 6.94. The van der Waals surface area contributed by atoms with E-state index in [-0.39, 0.29) is 12.6 Å². The maximum Gasteiger partial charge on any atom is 0.406 e. The first-order chi connectivity index (χ1) is 13.2. The number of guanidine groups is 1. The number of benzene rings is 1. The van der Waals surface area contributed by atoms with Crippen LogP contribution in [0.2, 0.25) is 0 Å². The molecule has 0 aromatic heterocycles. The monoisotopic (exact) mass is 399 g/mol. The molecule has 1 saturated heterocycles. The van der Waals surface area contributed by atoms with E-state index >= 15 is 0 Å². The zero-order valence-corrected chi connectivity index (χ0v) is 16.5. The van der Waals surface area contributed by atoms with Gasteiger partial charge in [-0.25, -0.2) is 4.99 Å². The molecule has 6 nitrogen and oxygen atoms in total. The fourth-order valence-electron chi connectivity index (χ4n) is 3.01. The van der Waals surface area contributed by atoms with Crippen LogP contribution in [0.15, 0.2) is 29.3 Å². The quantitative estimate of drug-likeness (QED) is 0.569. The van der Waals surface area contributed by atoms with Crippen molar-refractivity contribution in [1.29, 1.82) is 0 Å². The van der Waals surface area contributed by atoms with Crippen molar-refractivity contribution in [2.75, 3.05) is 44.7 Å². The van der Waals surface area contributed by atoms with Crippen molar-refractivity contribution >= 4 is 17.6 Å². The molecule has 0 aliphatic carbocycles. The molecule has 0 spiro atoms. The molecule has 28 heavy (non-hydrogen) atoms. The maximum atomic E-state index is 12.4. The number of halogens is 3. The molecule has 1 aliphatic heterocycles. The van der Waals surface area contributed by atoms with Gasteiger partial charge in [-0.15, -0.1) is 0 Å². The second-order valence-electron chi connectivity index (χ2n) is 6.97. The molecule has 1 unspecified atom stereocenters. The molecule has 1 amide bonds. The smallest absolute Gasteiger partial charge is 0.369 e. The Labute approximate surface area is 163 Å². The fraction of sp³-hybridized carbons (Fsp3) is 0.579. The Bertz CT molecular complexity index is 675. The Morgan fingerprint density at radius 3 is 2.61 bits per heavy atom. The lowest BCUT2D eigenvalue weighted by molar-refractivity contribution is -0.157. The van der Waals surface area contributed by atoms with Crippen molar-refractivity contribution in [1.82, 2.24) is 15.5 Å². The molecule has 1 aromatic rings. The average molecular weight is 399 g/mol. The molecule has 0 bridgehead atoms. The number of hydrogen-bond donors (Lipinski definition) is 2. The lowest BCUT2D eigenvalue weighted by Crippen LogP contribution is -2.45. The first-order valence-corrected chi connectivity index (χ1v) is 9.35. The van der Waals surface area contributed by atoms with Crippen molar-refractivity contribution < 1.29 is 18.0 Å². The van der Waals surface area contributed by atoms with E-state index in [1.165, 1.54) is 5.56 Å². The van der Waals surface area contributed by atoms with Gasteiger partial charge in [0.1, 0.15) is 13.1 Å². The lowest BCUT2D eigenvalue weighted by Gasteiger charge is -2.21. The number of anilines is 1. The van der Waals surface area contributed by atoms with Crippen molar-refractivity contribution in [2.45, 2.75) is 32.5 Å². The second kappa shape index (κ2) is 9.66. The van der Waals surface area contributed by atoms with Crippen LogP contribution in [0, 0.1) is 6.92 Å². The number of carbonyl (C=O) groups is 1. The summed E-state index contributed by atoms with van der Waals surface area (Å²) in [5.74, 6) is -0.241. The summed E-state index contributed by atoms with van der Waals surface area (Å²) in [4.78, 5) is 18.9. The molecule has 2 N–H and O–H groups in total. The van der Waals surface area contributed by atoms with Crippen LogP contribution in [-0.2, 0) is 4.79 Å². The zero-order chi connectivity index (χ0) is 20.7. The number of alkyl halides is 3. The molecular weight excluding hydrogens is 371 g/mol. The predicted octanol–water partition coefficient (Wildman–Crippen LogP) is 2.15. The van der Waals surface area contributed by atoms with Crippen LogP contribution in [0.5, 0.6) is 0 Å². The van der Waals surface area contributed by atoms with E-state index in [1.807, 2.05) is 13.8 Å². The zero-order valence-electron chi connectivity index (χ0n) is 16.5. The third-order valence-electron chi connectivity index (χ3n) is 4.49. The van der Waals surface area contributed by atoms with Gasteiger partial charge in [0.25, 0.3) is 0 Å². The summed E-state index contributed by atoms with van der Waals surface area (Å²) in [6.45, 7) is 4.60. The van der Waals surface area contributed by atoms with Gasteiger partial charge in [-0.05, 0) is 32.4 Å². The summed E-state index contributed by atoms with van der Waals surface area (Å²) in [6.07, 6.45) is -3.51. The largest absolute Gasteiger partial charge is 0.406 e. The molecule has 1 aromatic carbocycles. The van der Waals surface area contributed by atoms with Crippen LogP contribution >= 0.6 is 0 Å². The van der Waals surface area contributed by atoms with Crippen LogP contribution in [0.3, 0.4) is 0 Å². The molecule has 0 radical (unpaired) electrons. The standard InChI is InChI=1S/C19H28F3N5O/c1-4-23-18(24-11-17(28)26(3)13-19(20,21)22)25-15-9-10-27(12-15)16-7-5-14(2)6-8-16/h5-8,15H,4,9-13H2,1-3H3,(H2,23,24,25). The highest BCUT2D eigenvalue weighted by Crippen LogP contribution is 2.20. The number of likely N-dealkylation sites (N-methyl/N-ethyl adjacent to an activating group) is 1. The molecule has 1 fully saturated rings. The van der Waals surface area contributed by atoms with E-state index < -0.39 is 18.6 Å². The summed E-state index contributed by atoms with van der Waals surface area (Å²) in [6, 6.07) is 8.47. The minimum absolute atomic E-state index is 0.141. The van der Waals surface area contributed by atoms with Gasteiger partial charge in [-0.2, -0.15) is 13.2 Å². The summed E-state index contributed by atoms with van der Waals surface area (Å²) < 4.78 is 37.2.